The predicted molar refractivity (Wildman–Crippen MR) is 68.2 cm³/mol. The molecule has 3 rings (SSSR count). The van der Waals surface area contributed by atoms with Gasteiger partial charge in [-0.15, -0.1) is 0 Å². The third-order valence-electron chi connectivity index (χ3n) is 4.15. The van der Waals surface area contributed by atoms with Crippen molar-refractivity contribution in [2.24, 2.45) is 0 Å². The van der Waals surface area contributed by atoms with E-state index in [-0.39, 0.29) is 0 Å². The molecule has 3 nitrogen and oxygen atoms in total. The first-order valence-electron chi connectivity index (χ1n) is 6.48. The lowest BCUT2D eigenvalue weighted by atomic mass is 10.1. The number of hydrogen-bond acceptors (Lipinski definition) is 3. The number of hydrogen-bond donors (Lipinski definition) is 1. The van der Waals surface area contributed by atoms with E-state index in [1.807, 2.05) is 12.1 Å². The van der Waals surface area contributed by atoms with Crippen molar-refractivity contribution in [2.45, 2.75) is 18.9 Å². The zero-order valence-electron chi connectivity index (χ0n) is 10.4. The molecule has 1 aliphatic heterocycles. The zero-order chi connectivity index (χ0) is 11.8. The van der Waals surface area contributed by atoms with Crippen molar-refractivity contribution in [2.75, 3.05) is 33.2 Å². The highest BCUT2D eigenvalue weighted by molar-refractivity contribution is 5.40. The van der Waals surface area contributed by atoms with Gasteiger partial charge < -0.3 is 10.0 Å². The molecule has 1 N–H and O–H groups in total. The van der Waals surface area contributed by atoms with Gasteiger partial charge in [0.25, 0.3) is 0 Å². The number of fused-ring (bicyclic) bond motifs is 1. The second-order valence-electron chi connectivity index (χ2n) is 5.28. The minimum atomic E-state index is 0.405. The normalized spacial score (nSPS) is 26.1. The lowest BCUT2D eigenvalue weighted by Crippen LogP contribution is -2.45. The van der Waals surface area contributed by atoms with Crippen LogP contribution in [-0.4, -0.2) is 48.1 Å². The first kappa shape index (κ1) is 11.1. The molecule has 1 aliphatic carbocycles. The average molecular weight is 232 g/mol. The molecule has 0 bridgehead atoms. The maximum Gasteiger partial charge on any atom is 0.115 e. The Morgan fingerprint density at radius 2 is 1.94 bits per heavy atom. The van der Waals surface area contributed by atoms with Crippen LogP contribution in [0.5, 0.6) is 5.75 Å². The third-order valence-corrected chi connectivity index (χ3v) is 4.15. The summed E-state index contributed by atoms with van der Waals surface area (Å²) >= 11 is 0. The highest BCUT2D eigenvalue weighted by Gasteiger charge is 2.29. The fourth-order valence-electron chi connectivity index (χ4n) is 3.09. The molecule has 1 unspecified atom stereocenters. The number of benzene rings is 1. The molecule has 0 saturated carbocycles. The van der Waals surface area contributed by atoms with E-state index >= 15 is 0 Å². The Kier molecular flexibility index (Phi) is 2.81. The number of likely N-dealkylation sites (N-methyl/N-ethyl adjacent to an activating group) is 1. The molecule has 3 heteroatoms. The summed E-state index contributed by atoms with van der Waals surface area (Å²) in [6.45, 7) is 4.68. The standard InChI is InChI=1S/C14H20N2O/c1-15-6-8-16(9-7-15)14-5-2-11-10-12(17)3-4-13(11)14/h3-4,10,14,17H,2,5-9H2,1H3. The number of phenols is 1. The molecule has 1 heterocycles. The number of nitrogens with zero attached hydrogens (tertiary/aromatic N) is 2. The van der Waals surface area contributed by atoms with Crippen LogP contribution < -0.4 is 0 Å². The number of aromatic hydroxyl groups is 1. The molecule has 92 valence electrons. The van der Waals surface area contributed by atoms with Gasteiger partial charge in [-0.3, -0.25) is 4.90 Å². The second kappa shape index (κ2) is 4.31. The molecule has 1 aromatic rings. The summed E-state index contributed by atoms with van der Waals surface area (Å²) in [5.41, 5.74) is 2.78. The van der Waals surface area contributed by atoms with E-state index in [0.29, 0.717) is 11.8 Å². The summed E-state index contributed by atoms with van der Waals surface area (Å²) in [6.07, 6.45) is 2.32. The minimum absolute atomic E-state index is 0.405. The van der Waals surface area contributed by atoms with Crippen LogP contribution >= 0.6 is 0 Å². The highest BCUT2D eigenvalue weighted by Crippen LogP contribution is 2.37. The molecule has 0 aromatic heterocycles. The van der Waals surface area contributed by atoms with Crippen LogP contribution in [0, 0.1) is 0 Å². The van der Waals surface area contributed by atoms with Crippen molar-refractivity contribution >= 4 is 0 Å². The van der Waals surface area contributed by atoms with E-state index in [9.17, 15) is 5.11 Å². The van der Waals surface area contributed by atoms with Gasteiger partial charge in [0.1, 0.15) is 5.75 Å². The van der Waals surface area contributed by atoms with Crippen LogP contribution in [0.2, 0.25) is 0 Å². The van der Waals surface area contributed by atoms with Gasteiger partial charge in [-0.2, -0.15) is 0 Å². The van der Waals surface area contributed by atoms with Gasteiger partial charge in [-0.25, -0.2) is 0 Å². The van der Waals surface area contributed by atoms with Gasteiger partial charge in [-0.05, 0) is 43.1 Å². The molecule has 0 spiro atoms. The molecule has 17 heavy (non-hydrogen) atoms. The summed E-state index contributed by atoms with van der Waals surface area (Å²) in [5, 5.41) is 9.51. The van der Waals surface area contributed by atoms with Crippen LogP contribution in [0.1, 0.15) is 23.6 Å². The summed E-state index contributed by atoms with van der Waals surface area (Å²) in [5.74, 6) is 0.405. The molecule has 1 atom stereocenters. The number of aryl methyl sites for hydroxylation is 1. The van der Waals surface area contributed by atoms with Crippen molar-refractivity contribution < 1.29 is 5.11 Å². The van der Waals surface area contributed by atoms with Crippen LogP contribution in [0.4, 0.5) is 0 Å². The first-order valence-corrected chi connectivity index (χ1v) is 6.48. The van der Waals surface area contributed by atoms with Crippen molar-refractivity contribution in [3.63, 3.8) is 0 Å². The second-order valence-corrected chi connectivity index (χ2v) is 5.28. The minimum Gasteiger partial charge on any atom is -0.508 e. The van der Waals surface area contributed by atoms with E-state index in [0.717, 1.165) is 6.42 Å². The Bertz CT molecular complexity index is 411. The van der Waals surface area contributed by atoms with Gasteiger partial charge in [0.2, 0.25) is 0 Å². The summed E-state index contributed by atoms with van der Waals surface area (Å²) in [7, 11) is 2.19. The van der Waals surface area contributed by atoms with Crippen LogP contribution in [-0.2, 0) is 6.42 Å². The van der Waals surface area contributed by atoms with Gasteiger partial charge >= 0.3 is 0 Å². The SMILES string of the molecule is CN1CCN(C2CCc3cc(O)ccc32)CC1. The Labute approximate surface area is 103 Å². The topological polar surface area (TPSA) is 26.7 Å². The fourth-order valence-corrected chi connectivity index (χ4v) is 3.09. The summed E-state index contributed by atoms with van der Waals surface area (Å²) in [4.78, 5) is 4.99. The van der Waals surface area contributed by atoms with Crippen LogP contribution in [0.3, 0.4) is 0 Å². The van der Waals surface area contributed by atoms with E-state index in [2.05, 4.69) is 22.9 Å². The monoisotopic (exact) mass is 232 g/mol. The van der Waals surface area contributed by atoms with Gasteiger partial charge in [0.15, 0.2) is 0 Å². The number of piperazine rings is 1. The van der Waals surface area contributed by atoms with Crippen molar-refractivity contribution in [1.82, 2.24) is 9.80 Å². The number of phenolic OH excluding ortho intramolecular Hbond substituents is 1. The van der Waals surface area contributed by atoms with Crippen molar-refractivity contribution in [3.8, 4) is 5.75 Å². The fraction of sp³-hybridized carbons (Fsp3) is 0.571. The molecule has 1 aromatic carbocycles. The first-order chi connectivity index (χ1) is 8.24. The lowest BCUT2D eigenvalue weighted by Gasteiger charge is -2.36. The molecular weight excluding hydrogens is 212 g/mol. The van der Waals surface area contributed by atoms with E-state index in [1.165, 1.54) is 43.7 Å². The summed E-state index contributed by atoms with van der Waals surface area (Å²) < 4.78 is 0. The summed E-state index contributed by atoms with van der Waals surface area (Å²) in [6, 6.07) is 6.46. The smallest absolute Gasteiger partial charge is 0.115 e. The van der Waals surface area contributed by atoms with E-state index in [4.69, 9.17) is 0 Å². The van der Waals surface area contributed by atoms with E-state index < -0.39 is 0 Å². The largest absolute Gasteiger partial charge is 0.508 e. The molecule has 2 aliphatic rings. The molecular formula is C14H20N2O. The average Bonchev–Trinajstić information content (AvgIpc) is 2.73. The van der Waals surface area contributed by atoms with Crippen molar-refractivity contribution in [1.29, 1.82) is 0 Å². The Hall–Kier alpha value is -1.06. The maximum atomic E-state index is 9.51. The molecule has 1 saturated heterocycles. The van der Waals surface area contributed by atoms with Gasteiger partial charge in [0, 0.05) is 32.2 Å². The molecule has 0 amide bonds. The Morgan fingerprint density at radius 3 is 2.71 bits per heavy atom. The molecule has 1 fully saturated rings. The molecule has 0 radical (unpaired) electrons. The van der Waals surface area contributed by atoms with Gasteiger partial charge in [-0.1, -0.05) is 6.07 Å². The van der Waals surface area contributed by atoms with Crippen LogP contribution in [0.25, 0.3) is 0 Å². The lowest BCUT2D eigenvalue weighted by molar-refractivity contribution is 0.111. The Balaban J connectivity index is 1.79. The quantitative estimate of drug-likeness (QED) is 0.797. The highest BCUT2D eigenvalue weighted by atomic mass is 16.3. The Morgan fingerprint density at radius 1 is 1.18 bits per heavy atom. The third kappa shape index (κ3) is 2.05. The zero-order valence-corrected chi connectivity index (χ0v) is 10.4. The predicted octanol–water partition coefficient (Wildman–Crippen LogP) is 1.63. The van der Waals surface area contributed by atoms with Gasteiger partial charge in [0.05, 0.1) is 0 Å². The van der Waals surface area contributed by atoms with E-state index in [1.54, 1.807) is 0 Å². The number of rotatable bonds is 1. The van der Waals surface area contributed by atoms with Crippen molar-refractivity contribution in [3.05, 3.63) is 29.3 Å². The maximum absolute atomic E-state index is 9.51. The van der Waals surface area contributed by atoms with Crippen LogP contribution in [0.15, 0.2) is 18.2 Å².